The average Bonchev–Trinajstić information content (AvgIpc) is 3.79. The van der Waals surface area contributed by atoms with Gasteiger partial charge in [0.25, 0.3) is 0 Å². The smallest absolute Gasteiger partial charge is 0.0547 e. The van der Waals surface area contributed by atoms with Crippen LogP contribution in [0, 0.1) is 0 Å². The lowest BCUT2D eigenvalue weighted by Crippen LogP contribution is -2.09. The van der Waals surface area contributed by atoms with Gasteiger partial charge in [0.1, 0.15) is 0 Å². The van der Waals surface area contributed by atoms with Crippen LogP contribution in [0.5, 0.6) is 0 Å². The molecule has 11 aromatic rings. The SMILES string of the molecule is c1ccc(-c2ccc(N(c3ccc(-c4ccc(-n5c6ccccc6c6cc7ccccc7cc65)cc4)cc3)c3ccc4c(c3)sc3ccccc34)cc2)cc1. The van der Waals surface area contributed by atoms with Gasteiger partial charge in [-0.05, 0) is 106 Å². The highest BCUT2D eigenvalue weighted by Gasteiger charge is 2.17. The minimum Gasteiger partial charge on any atom is -0.310 e. The number of thiophene rings is 1. The number of aromatic nitrogens is 1. The topological polar surface area (TPSA) is 8.17 Å². The van der Waals surface area contributed by atoms with E-state index in [4.69, 9.17) is 0 Å². The lowest BCUT2D eigenvalue weighted by molar-refractivity contribution is 1.18. The third-order valence-corrected chi connectivity index (χ3v) is 12.1. The second kappa shape index (κ2) is 12.9. The number of anilines is 3. The molecule has 2 aromatic heterocycles. The third-order valence-electron chi connectivity index (χ3n) is 11.0. The summed E-state index contributed by atoms with van der Waals surface area (Å²) in [6.07, 6.45) is 0. The quantitative estimate of drug-likeness (QED) is 0.166. The second-order valence-electron chi connectivity index (χ2n) is 14.2. The van der Waals surface area contributed by atoms with Gasteiger partial charge in [-0.25, -0.2) is 0 Å². The van der Waals surface area contributed by atoms with E-state index in [1.54, 1.807) is 0 Å². The lowest BCUT2D eigenvalue weighted by Gasteiger charge is -2.26. The van der Waals surface area contributed by atoms with Gasteiger partial charge in [-0.1, -0.05) is 133 Å². The first-order valence-corrected chi connectivity index (χ1v) is 19.6. The van der Waals surface area contributed by atoms with E-state index in [2.05, 4.69) is 216 Å². The molecule has 2 heterocycles. The van der Waals surface area contributed by atoms with Gasteiger partial charge in [-0.3, -0.25) is 0 Å². The van der Waals surface area contributed by atoms with Crippen molar-refractivity contribution in [2.75, 3.05) is 4.90 Å². The van der Waals surface area contributed by atoms with Gasteiger partial charge in [0, 0.05) is 53.7 Å². The summed E-state index contributed by atoms with van der Waals surface area (Å²) in [6, 6.07) is 75.1. The molecule has 9 aromatic carbocycles. The summed E-state index contributed by atoms with van der Waals surface area (Å²) in [5, 5.41) is 7.68. The molecule has 0 spiro atoms. The Morgan fingerprint density at radius 3 is 1.56 bits per heavy atom. The molecule has 258 valence electrons. The van der Waals surface area contributed by atoms with Crippen LogP contribution in [0.4, 0.5) is 17.1 Å². The van der Waals surface area contributed by atoms with Crippen LogP contribution in [0.3, 0.4) is 0 Å². The van der Waals surface area contributed by atoms with Gasteiger partial charge in [0.2, 0.25) is 0 Å². The molecule has 0 aliphatic rings. The van der Waals surface area contributed by atoms with E-state index >= 15 is 0 Å². The molecule has 0 saturated heterocycles. The predicted octanol–water partition coefficient (Wildman–Crippen LogP) is 15.1. The van der Waals surface area contributed by atoms with E-state index in [0.717, 1.165) is 22.7 Å². The molecule has 3 heteroatoms. The molecular formula is C52H34N2S. The van der Waals surface area contributed by atoms with Crippen LogP contribution < -0.4 is 4.90 Å². The van der Waals surface area contributed by atoms with Crippen LogP contribution in [0.25, 0.3) is 80.7 Å². The molecule has 11 rings (SSSR count). The highest BCUT2D eigenvalue weighted by Crippen LogP contribution is 2.42. The van der Waals surface area contributed by atoms with Gasteiger partial charge in [0.15, 0.2) is 0 Å². The van der Waals surface area contributed by atoms with Crippen LogP contribution in [-0.2, 0) is 0 Å². The van der Waals surface area contributed by atoms with Crippen molar-refractivity contribution in [3.63, 3.8) is 0 Å². The fourth-order valence-electron chi connectivity index (χ4n) is 8.27. The number of hydrogen-bond acceptors (Lipinski definition) is 2. The van der Waals surface area contributed by atoms with Crippen molar-refractivity contribution in [3.8, 4) is 27.9 Å². The lowest BCUT2D eigenvalue weighted by atomic mass is 10.0. The first-order chi connectivity index (χ1) is 27.2. The van der Waals surface area contributed by atoms with Crippen molar-refractivity contribution in [2.45, 2.75) is 0 Å². The molecule has 0 atom stereocenters. The standard InChI is InChI=1S/C52H34N2S/c1-2-10-35(11-3-1)36-18-24-41(25-19-36)53(44-30-31-47-46-15-7-9-17-51(46)55-52(47)34-44)42-26-20-37(21-27-42)38-22-28-43(29-23-38)54-49-16-8-6-14-45(49)48-32-39-12-4-5-13-40(39)33-50(48)54/h1-34H. The average molecular weight is 719 g/mol. The highest BCUT2D eigenvalue weighted by atomic mass is 32.1. The fourth-order valence-corrected chi connectivity index (χ4v) is 9.41. The summed E-state index contributed by atoms with van der Waals surface area (Å²) in [5.74, 6) is 0. The number of para-hydroxylation sites is 1. The Kier molecular flexibility index (Phi) is 7.39. The molecule has 0 aliphatic heterocycles. The van der Waals surface area contributed by atoms with Crippen molar-refractivity contribution >= 4 is 81.1 Å². The molecule has 0 unspecified atom stereocenters. The van der Waals surface area contributed by atoms with E-state index < -0.39 is 0 Å². The van der Waals surface area contributed by atoms with Crippen molar-refractivity contribution < 1.29 is 0 Å². The van der Waals surface area contributed by atoms with E-state index in [1.807, 2.05) is 11.3 Å². The highest BCUT2D eigenvalue weighted by molar-refractivity contribution is 7.25. The van der Waals surface area contributed by atoms with E-state index in [0.29, 0.717) is 0 Å². The summed E-state index contributed by atoms with van der Waals surface area (Å²) in [7, 11) is 0. The van der Waals surface area contributed by atoms with Crippen molar-refractivity contribution in [1.29, 1.82) is 0 Å². The van der Waals surface area contributed by atoms with Crippen LogP contribution >= 0.6 is 11.3 Å². The second-order valence-corrected chi connectivity index (χ2v) is 15.3. The Hall–Kier alpha value is -6.94. The maximum Gasteiger partial charge on any atom is 0.0547 e. The minimum atomic E-state index is 1.12. The summed E-state index contributed by atoms with van der Waals surface area (Å²) in [6.45, 7) is 0. The predicted molar refractivity (Wildman–Crippen MR) is 237 cm³/mol. The first kappa shape index (κ1) is 31.6. The summed E-state index contributed by atoms with van der Waals surface area (Å²) in [4.78, 5) is 2.37. The third kappa shape index (κ3) is 5.40. The Morgan fingerprint density at radius 1 is 0.327 bits per heavy atom. The number of rotatable bonds is 6. The normalized spacial score (nSPS) is 11.6. The number of benzene rings is 9. The maximum atomic E-state index is 2.40. The van der Waals surface area contributed by atoms with E-state index in [-0.39, 0.29) is 0 Å². The molecule has 0 aliphatic carbocycles. The van der Waals surface area contributed by atoms with E-state index in [9.17, 15) is 0 Å². The van der Waals surface area contributed by atoms with Crippen molar-refractivity contribution in [3.05, 3.63) is 206 Å². The van der Waals surface area contributed by atoms with Gasteiger partial charge in [-0.2, -0.15) is 0 Å². The van der Waals surface area contributed by atoms with Gasteiger partial charge in [0.05, 0.1) is 11.0 Å². The van der Waals surface area contributed by atoms with Gasteiger partial charge < -0.3 is 9.47 Å². The number of nitrogens with zero attached hydrogens (tertiary/aromatic N) is 2. The first-order valence-electron chi connectivity index (χ1n) is 18.7. The van der Waals surface area contributed by atoms with Crippen LogP contribution in [0.2, 0.25) is 0 Å². The summed E-state index contributed by atoms with van der Waals surface area (Å²) in [5.41, 5.74) is 11.8. The van der Waals surface area contributed by atoms with Gasteiger partial charge in [-0.15, -0.1) is 11.3 Å². The zero-order valence-electron chi connectivity index (χ0n) is 29.9. The number of hydrogen-bond donors (Lipinski definition) is 0. The Morgan fingerprint density at radius 2 is 0.855 bits per heavy atom. The molecule has 0 saturated carbocycles. The molecule has 55 heavy (non-hydrogen) atoms. The molecule has 0 amide bonds. The largest absolute Gasteiger partial charge is 0.310 e. The molecular weight excluding hydrogens is 685 g/mol. The molecule has 0 bridgehead atoms. The molecule has 0 fully saturated rings. The molecule has 0 N–H and O–H groups in total. The van der Waals surface area contributed by atoms with Crippen LogP contribution in [0.1, 0.15) is 0 Å². The monoisotopic (exact) mass is 718 g/mol. The Labute approximate surface area is 323 Å². The zero-order valence-corrected chi connectivity index (χ0v) is 30.7. The Balaban J connectivity index is 0.968. The molecule has 2 nitrogen and oxygen atoms in total. The van der Waals surface area contributed by atoms with E-state index in [1.165, 1.54) is 75.0 Å². The maximum absolute atomic E-state index is 2.40. The van der Waals surface area contributed by atoms with Crippen molar-refractivity contribution in [1.82, 2.24) is 4.57 Å². The Bertz CT molecular complexity index is 3170. The minimum absolute atomic E-state index is 1.12. The van der Waals surface area contributed by atoms with Crippen LogP contribution in [-0.4, -0.2) is 4.57 Å². The number of fused-ring (bicyclic) bond motifs is 7. The van der Waals surface area contributed by atoms with Crippen LogP contribution in [0.15, 0.2) is 206 Å². The fraction of sp³-hybridized carbons (Fsp3) is 0. The van der Waals surface area contributed by atoms with Gasteiger partial charge >= 0.3 is 0 Å². The summed E-state index contributed by atoms with van der Waals surface area (Å²) >= 11 is 1.86. The summed E-state index contributed by atoms with van der Waals surface area (Å²) < 4.78 is 5.01. The van der Waals surface area contributed by atoms with Crippen molar-refractivity contribution in [2.24, 2.45) is 0 Å². The zero-order chi connectivity index (χ0) is 36.3. The molecule has 0 radical (unpaired) electrons.